The van der Waals surface area contributed by atoms with Crippen LogP contribution in [0.3, 0.4) is 0 Å². The van der Waals surface area contributed by atoms with Crippen molar-refractivity contribution in [2.45, 2.75) is 31.8 Å². The smallest absolute Gasteiger partial charge is 0.227 e. The van der Waals surface area contributed by atoms with Crippen LogP contribution in [-0.4, -0.2) is 29.7 Å². The van der Waals surface area contributed by atoms with E-state index in [1.807, 2.05) is 0 Å². The minimum atomic E-state index is -0.642. The van der Waals surface area contributed by atoms with Gasteiger partial charge in [-0.1, -0.05) is 5.16 Å². The van der Waals surface area contributed by atoms with Gasteiger partial charge in [0.25, 0.3) is 0 Å². The Labute approximate surface area is 121 Å². The number of nitrogens with two attached hydrogens (primary N) is 1. The second-order valence-electron chi connectivity index (χ2n) is 4.92. The third-order valence-corrected chi connectivity index (χ3v) is 3.33. The summed E-state index contributed by atoms with van der Waals surface area (Å²) < 4.78 is 19.3. The van der Waals surface area contributed by atoms with Crippen LogP contribution in [0.4, 0.5) is 10.1 Å². The first-order valence-corrected chi connectivity index (χ1v) is 6.79. The van der Waals surface area contributed by atoms with Gasteiger partial charge in [-0.3, -0.25) is 4.79 Å². The van der Waals surface area contributed by atoms with Crippen LogP contribution < -0.4 is 11.1 Å². The first-order chi connectivity index (χ1) is 10.1. The lowest BCUT2D eigenvalue weighted by molar-refractivity contribution is -0.119. The van der Waals surface area contributed by atoms with Crippen molar-refractivity contribution in [3.63, 3.8) is 0 Å². The van der Waals surface area contributed by atoms with E-state index in [1.165, 1.54) is 12.1 Å². The molecule has 1 heterocycles. The SMILES string of the molecule is N/C(=N/O)c1ccc(NC(=O)CC2CCCCO2)c(F)c1. The van der Waals surface area contributed by atoms with Crippen molar-refractivity contribution in [2.75, 3.05) is 11.9 Å². The summed E-state index contributed by atoms with van der Waals surface area (Å²) in [5.74, 6) is -1.13. The van der Waals surface area contributed by atoms with Crippen LogP contribution in [-0.2, 0) is 9.53 Å². The lowest BCUT2D eigenvalue weighted by atomic mass is 10.1. The Morgan fingerprint density at radius 3 is 2.95 bits per heavy atom. The summed E-state index contributed by atoms with van der Waals surface area (Å²) in [6.45, 7) is 0.667. The fourth-order valence-corrected chi connectivity index (χ4v) is 2.21. The largest absolute Gasteiger partial charge is 0.409 e. The van der Waals surface area contributed by atoms with Gasteiger partial charge in [0.15, 0.2) is 5.84 Å². The highest BCUT2D eigenvalue weighted by molar-refractivity contribution is 5.98. The van der Waals surface area contributed by atoms with Crippen molar-refractivity contribution in [3.05, 3.63) is 29.6 Å². The van der Waals surface area contributed by atoms with Gasteiger partial charge in [0.1, 0.15) is 5.82 Å². The average Bonchev–Trinajstić information content (AvgIpc) is 2.49. The first kappa shape index (κ1) is 15.2. The maximum Gasteiger partial charge on any atom is 0.227 e. The molecule has 0 aliphatic carbocycles. The van der Waals surface area contributed by atoms with E-state index in [2.05, 4.69) is 10.5 Å². The molecule has 7 heteroatoms. The van der Waals surface area contributed by atoms with E-state index in [1.54, 1.807) is 0 Å². The number of carbonyl (C=O) groups excluding carboxylic acids is 1. The van der Waals surface area contributed by atoms with Crippen molar-refractivity contribution < 1.29 is 19.1 Å². The number of oxime groups is 1. The molecule has 114 valence electrons. The molecule has 1 fully saturated rings. The Morgan fingerprint density at radius 1 is 1.52 bits per heavy atom. The molecule has 1 aliphatic heterocycles. The van der Waals surface area contributed by atoms with Gasteiger partial charge in [0, 0.05) is 12.2 Å². The van der Waals surface area contributed by atoms with Crippen molar-refractivity contribution in [1.29, 1.82) is 0 Å². The average molecular weight is 295 g/mol. The highest BCUT2D eigenvalue weighted by Crippen LogP contribution is 2.19. The molecule has 0 saturated carbocycles. The molecular weight excluding hydrogens is 277 g/mol. The molecule has 1 aromatic carbocycles. The van der Waals surface area contributed by atoms with Gasteiger partial charge in [-0.25, -0.2) is 4.39 Å². The van der Waals surface area contributed by atoms with Gasteiger partial charge in [-0.05, 0) is 37.5 Å². The van der Waals surface area contributed by atoms with Gasteiger partial charge in [-0.15, -0.1) is 0 Å². The maximum atomic E-state index is 13.8. The van der Waals surface area contributed by atoms with Crippen molar-refractivity contribution >= 4 is 17.4 Å². The van der Waals surface area contributed by atoms with Crippen molar-refractivity contribution in [3.8, 4) is 0 Å². The number of nitrogens with one attached hydrogen (secondary N) is 1. The minimum Gasteiger partial charge on any atom is -0.409 e. The summed E-state index contributed by atoms with van der Waals surface area (Å²) in [6, 6.07) is 3.94. The van der Waals surface area contributed by atoms with Gasteiger partial charge in [0.05, 0.1) is 18.2 Å². The van der Waals surface area contributed by atoms with Gasteiger partial charge < -0.3 is 21.0 Å². The summed E-state index contributed by atoms with van der Waals surface area (Å²) >= 11 is 0. The van der Waals surface area contributed by atoms with Gasteiger partial charge in [0.2, 0.25) is 5.91 Å². The molecule has 0 spiro atoms. The lowest BCUT2D eigenvalue weighted by Crippen LogP contribution is -2.26. The topological polar surface area (TPSA) is 96.9 Å². The number of halogens is 1. The zero-order valence-electron chi connectivity index (χ0n) is 11.5. The monoisotopic (exact) mass is 295 g/mol. The molecule has 1 saturated heterocycles. The van der Waals surface area contributed by atoms with E-state index >= 15 is 0 Å². The molecule has 1 amide bonds. The number of carbonyl (C=O) groups is 1. The van der Waals surface area contributed by atoms with Crippen LogP contribution in [0.25, 0.3) is 0 Å². The Morgan fingerprint density at radius 2 is 2.33 bits per heavy atom. The molecule has 6 nitrogen and oxygen atoms in total. The molecule has 1 aromatic rings. The maximum absolute atomic E-state index is 13.8. The van der Waals surface area contributed by atoms with Crippen LogP contribution >= 0.6 is 0 Å². The second kappa shape index (κ2) is 7.03. The third kappa shape index (κ3) is 4.16. The molecule has 0 aromatic heterocycles. The lowest BCUT2D eigenvalue weighted by Gasteiger charge is -2.22. The predicted octanol–water partition coefficient (Wildman–Crippen LogP) is 1.82. The Balaban J connectivity index is 1.97. The number of hydrogen-bond donors (Lipinski definition) is 3. The number of amides is 1. The molecule has 1 unspecified atom stereocenters. The van der Waals surface area contributed by atoms with E-state index in [0.717, 1.165) is 25.3 Å². The molecule has 4 N–H and O–H groups in total. The Hall–Kier alpha value is -2.15. The molecule has 2 rings (SSSR count). The zero-order chi connectivity index (χ0) is 15.2. The summed E-state index contributed by atoms with van der Waals surface area (Å²) in [5, 5.41) is 13.8. The number of benzene rings is 1. The minimum absolute atomic E-state index is 0.0605. The first-order valence-electron chi connectivity index (χ1n) is 6.79. The number of rotatable bonds is 4. The third-order valence-electron chi connectivity index (χ3n) is 3.33. The zero-order valence-corrected chi connectivity index (χ0v) is 11.5. The number of anilines is 1. The van der Waals surface area contributed by atoms with E-state index in [0.29, 0.717) is 6.61 Å². The summed E-state index contributed by atoms with van der Waals surface area (Å²) in [4.78, 5) is 11.9. The highest BCUT2D eigenvalue weighted by atomic mass is 19.1. The Bertz CT molecular complexity index is 542. The molecule has 0 bridgehead atoms. The summed E-state index contributed by atoms with van der Waals surface area (Å²) in [6.07, 6.45) is 3.01. The summed E-state index contributed by atoms with van der Waals surface area (Å²) in [7, 11) is 0. The highest BCUT2D eigenvalue weighted by Gasteiger charge is 2.18. The van der Waals surface area contributed by atoms with Crippen molar-refractivity contribution in [1.82, 2.24) is 0 Å². The van der Waals surface area contributed by atoms with Crippen LogP contribution in [0.1, 0.15) is 31.2 Å². The number of amidine groups is 1. The summed E-state index contributed by atoms with van der Waals surface area (Å²) in [5.41, 5.74) is 5.67. The fraction of sp³-hybridized carbons (Fsp3) is 0.429. The predicted molar refractivity (Wildman–Crippen MR) is 75.7 cm³/mol. The number of hydrogen-bond acceptors (Lipinski definition) is 4. The molecule has 21 heavy (non-hydrogen) atoms. The normalized spacial score (nSPS) is 19.3. The number of ether oxygens (including phenoxy) is 1. The fourth-order valence-electron chi connectivity index (χ4n) is 2.21. The van der Waals surface area contributed by atoms with Crippen LogP contribution in [0.2, 0.25) is 0 Å². The molecule has 1 aliphatic rings. The van der Waals surface area contributed by atoms with E-state index in [-0.39, 0.29) is 35.5 Å². The number of nitrogens with zero attached hydrogens (tertiary/aromatic N) is 1. The molecule has 0 radical (unpaired) electrons. The van der Waals surface area contributed by atoms with Crippen LogP contribution in [0.15, 0.2) is 23.4 Å². The van der Waals surface area contributed by atoms with Crippen LogP contribution in [0, 0.1) is 5.82 Å². The molecular formula is C14H18FN3O3. The standard InChI is InChI=1S/C14H18FN3O3/c15-11-7-9(14(16)18-20)4-5-12(11)17-13(19)8-10-3-1-2-6-21-10/h4-5,7,10,20H,1-3,6,8H2,(H2,16,18)(H,17,19). The Kier molecular flexibility index (Phi) is 5.10. The van der Waals surface area contributed by atoms with E-state index in [4.69, 9.17) is 15.7 Å². The van der Waals surface area contributed by atoms with E-state index in [9.17, 15) is 9.18 Å². The quantitative estimate of drug-likeness (QED) is 0.341. The van der Waals surface area contributed by atoms with E-state index < -0.39 is 5.82 Å². The van der Waals surface area contributed by atoms with Crippen LogP contribution in [0.5, 0.6) is 0 Å². The van der Waals surface area contributed by atoms with Gasteiger partial charge in [-0.2, -0.15) is 0 Å². The second-order valence-corrected chi connectivity index (χ2v) is 4.92. The van der Waals surface area contributed by atoms with Crippen molar-refractivity contribution in [2.24, 2.45) is 10.9 Å². The van der Waals surface area contributed by atoms with Gasteiger partial charge >= 0.3 is 0 Å². The molecule has 1 atom stereocenters.